The maximum Gasteiger partial charge on any atom is 0.337 e. The minimum absolute atomic E-state index is 0.0441. The second kappa shape index (κ2) is 5.53. The van der Waals surface area contributed by atoms with Crippen LogP contribution >= 0.6 is 0 Å². The van der Waals surface area contributed by atoms with Gasteiger partial charge in [0.25, 0.3) is 10.0 Å². The predicted molar refractivity (Wildman–Crippen MR) is 75.3 cm³/mol. The van der Waals surface area contributed by atoms with Crippen LogP contribution in [0.25, 0.3) is 0 Å². The zero-order valence-electron chi connectivity index (χ0n) is 11.0. The average molecular weight is 309 g/mol. The van der Waals surface area contributed by atoms with Crippen molar-refractivity contribution in [1.29, 1.82) is 0 Å². The van der Waals surface area contributed by atoms with Crippen molar-refractivity contribution in [2.45, 2.75) is 11.8 Å². The lowest BCUT2D eigenvalue weighted by Crippen LogP contribution is -2.15. The molecule has 0 bridgehead atoms. The highest BCUT2D eigenvalue weighted by Gasteiger charge is 2.18. The van der Waals surface area contributed by atoms with Crippen LogP contribution in [0, 0.1) is 12.7 Å². The third-order valence-electron chi connectivity index (χ3n) is 2.77. The van der Waals surface area contributed by atoms with Crippen molar-refractivity contribution in [2.24, 2.45) is 0 Å². The fourth-order valence-electron chi connectivity index (χ4n) is 1.74. The molecule has 0 aliphatic rings. The van der Waals surface area contributed by atoms with E-state index in [0.717, 1.165) is 24.3 Å². The van der Waals surface area contributed by atoms with Crippen molar-refractivity contribution in [3.05, 3.63) is 59.4 Å². The number of rotatable bonds is 4. The maximum atomic E-state index is 12.8. The van der Waals surface area contributed by atoms with Gasteiger partial charge in [-0.3, -0.25) is 4.72 Å². The summed E-state index contributed by atoms with van der Waals surface area (Å²) in [5, 5.41) is 9.11. The van der Waals surface area contributed by atoms with Crippen molar-refractivity contribution in [2.75, 3.05) is 4.72 Å². The maximum absolute atomic E-state index is 12.8. The summed E-state index contributed by atoms with van der Waals surface area (Å²) in [4.78, 5) is 11.0. The summed E-state index contributed by atoms with van der Waals surface area (Å²) in [7, 11) is -3.98. The van der Waals surface area contributed by atoms with Crippen molar-refractivity contribution in [1.82, 2.24) is 0 Å². The lowest BCUT2D eigenvalue weighted by atomic mass is 10.1. The molecule has 0 unspecified atom stereocenters. The second-order valence-electron chi connectivity index (χ2n) is 4.41. The van der Waals surface area contributed by atoms with Gasteiger partial charge in [0.05, 0.1) is 16.1 Å². The molecule has 0 fully saturated rings. The van der Waals surface area contributed by atoms with Crippen molar-refractivity contribution in [3.63, 3.8) is 0 Å². The molecule has 0 spiro atoms. The van der Waals surface area contributed by atoms with E-state index in [-0.39, 0.29) is 16.1 Å². The van der Waals surface area contributed by atoms with Crippen LogP contribution in [0.5, 0.6) is 0 Å². The van der Waals surface area contributed by atoms with Gasteiger partial charge in [-0.1, -0.05) is 11.6 Å². The number of carbonyl (C=O) groups is 1. The lowest BCUT2D eigenvalue weighted by molar-refractivity contribution is 0.0698. The van der Waals surface area contributed by atoms with Crippen molar-refractivity contribution < 1.29 is 22.7 Å². The molecular formula is C14H12FNO4S. The van der Waals surface area contributed by atoms with E-state index >= 15 is 0 Å². The van der Waals surface area contributed by atoms with E-state index in [1.807, 2.05) is 0 Å². The van der Waals surface area contributed by atoms with Crippen LogP contribution in [-0.4, -0.2) is 19.5 Å². The molecule has 0 saturated heterocycles. The zero-order valence-corrected chi connectivity index (χ0v) is 11.8. The number of sulfonamides is 1. The molecule has 21 heavy (non-hydrogen) atoms. The standard InChI is InChI=1S/C14H12FNO4S/c1-9-2-7-13(12(8-9)14(17)18)16-21(19,20)11-5-3-10(15)4-6-11/h2-8,16H,1H3,(H,17,18). The zero-order chi connectivity index (χ0) is 15.6. The normalized spacial score (nSPS) is 11.1. The van der Waals surface area contributed by atoms with Crippen molar-refractivity contribution in [3.8, 4) is 0 Å². The Kier molecular flexibility index (Phi) is 3.95. The molecule has 2 rings (SSSR count). The molecule has 5 nitrogen and oxygen atoms in total. The quantitative estimate of drug-likeness (QED) is 0.909. The van der Waals surface area contributed by atoms with Crippen LogP contribution in [0.3, 0.4) is 0 Å². The van der Waals surface area contributed by atoms with Gasteiger partial charge in [-0.05, 0) is 43.3 Å². The van der Waals surface area contributed by atoms with Gasteiger partial charge in [0.2, 0.25) is 0 Å². The summed E-state index contributed by atoms with van der Waals surface area (Å²) in [6.07, 6.45) is 0. The molecule has 2 aromatic rings. The van der Waals surface area contributed by atoms with Crippen LogP contribution < -0.4 is 4.72 Å². The highest BCUT2D eigenvalue weighted by molar-refractivity contribution is 7.92. The van der Waals surface area contributed by atoms with Gasteiger partial charge in [-0.25, -0.2) is 17.6 Å². The highest BCUT2D eigenvalue weighted by atomic mass is 32.2. The Morgan fingerprint density at radius 3 is 2.33 bits per heavy atom. The summed E-state index contributed by atoms with van der Waals surface area (Å²) in [6.45, 7) is 1.70. The summed E-state index contributed by atoms with van der Waals surface area (Å²) < 4.78 is 39.3. The number of aryl methyl sites for hydroxylation is 1. The first-order chi connectivity index (χ1) is 9.79. The van der Waals surface area contributed by atoms with Crippen LogP contribution in [0.15, 0.2) is 47.4 Å². The molecule has 7 heteroatoms. The second-order valence-corrected chi connectivity index (χ2v) is 6.10. The predicted octanol–water partition coefficient (Wildman–Crippen LogP) is 2.63. The molecule has 0 radical (unpaired) electrons. The number of anilines is 1. The van der Waals surface area contributed by atoms with E-state index in [1.54, 1.807) is 13.0 Å². The average Bonchev–Trinajstić information content (AvgIpc) is 2.41. The molecule has 0 atom stereocenters. The number of carboxylic acids is 1. The van der Waals surface area contributed by atoms with E-state index in [4.69, 9.17) is 5.11 Å². The van der Waals surface area contributed by atoms with E-state index < -0.39 is 21.8 Å². The number of nitrogens with one attached hydrogen (secondary N) is 1. The van der Waals surface area contributed by atoms with Gasteiger partial charge in [-0.2, -0.15) is 0 Å². The van der Waals surface area contributed by atoms with Gasteiger partial charge < -0.3 is 5.11 Å². The smallest absolute Gasteiger partial charge is 0.337 e. The number of halogens is 1. The van der Waals surface area contributed by atoms with Crippen LogP contribution in [-0.2, 0) is 10.0 Å². The molecule has 0 aliphatic heterocycles. The first-order valence-electron chi connectivity index (χ1n) is 5.92. The van der Waals surface area contributed by atoms with Gasteiger partial charge >= 0.3 is 5.97 Å². The van der Waals surface area contributed by atoms with E-state index in [9.17, 15) is 17.6 Å². The third-order valence-corrected chi connectivity index (χ3v) is 4.16. The Hall–Kier alpha value is -2.41. The van der Waals surface area contributed by atoms with E-state index in [2.05, 4.69) is 4.72 Å². The summed E-state index contributed by atoms with van der Waals surface area (Å²) in [6, 6.07) is 8.57. The largest absolute Gasteiger partial charge is 0.478 e. The Morgan fingerprint density at radius 1 is 1.14 bits per heavy atom. The SMILES string of the molecule is Cc1ccc(NS(=O)(=O)c2ccc(F)cc2)c(C(=O)O)c1. The summed E-state index contributed by atoms with van der Waals surface area (Å²) in [5.74, 6) is -1.80. The molecule has 2 aromatic carbocycles. The van der Waals surface area contributed by atoms with Gasteiger partial charge in [-0.15, -0.1) is 0 Å². The monoisotopic (exact) mass is 309 g/mol. The molecule has 110 valence electrons. The van der Waals surface area contributed by atoms with Crippen molar-refractivity contribution >= 4 is 21.7 Å². The topological polar surface area (TPSA) is 83.5 Å². The van der Waals surface area contributed by atoms with Gasteiger partial charge in [0.1, 0.15) is 5.82 Å². The Balaban J connectivity index is 2.41. The van der Waals surface area contributed by atoms with E-state index in [0.29, 0.717) is 5.56 Å². The molecule has 2 N–H and O–H groups in total. The van der Waals surface area contributed by atoms with Crippen LogP contribution in [0.2, 0.25) is 0 Å². The molecule has 0 saturated carbocycles. The number of hydrogen-bond donors (Lipinski definition) is 2. The number of aromatic carboxylic acids is 1. The molecular weight excluding hydrogens is 297 g/mol. The highest BCUT2D eigenvalue weighted by Crippen LogP contribution is 2.21. The molecule has 0 amide bonds. The van der Waals surface area contributed by atoms with Crippen LogP contribution in [0.4, 0.5) is 10.1 Å². The Labute approximate surface area is 121 Å². The minimum atomic E-state index is -3.98. The summed E-state index contributed by atoms with van der Waals surface area (Å²) in [5.41, 5.74) is 0.496. The fraction of sp³-hybridized carbons (Fsp3) is 0.0714. The third kappa shape index (κ3) is 3.38. The first kappa shape index (κ1) is 15.0. The fourth-order valence-corrected chi connectivity index (χ4v) is 2.82. The lowest BCUT2D eigenvalue weighted by Gasteiger charge is -2.11. The Morgan fingerprint density at radius 2 is 1.76 bits per heavy atom. The minimum Gasteiger partial charge on any atom is -0.478 e. The number of benzene rings is 2. The molecule has 0 heterocycles. The molecule has 0 aliphatic carbocycles. The summed E-state index contributed by atoms with van der Waals surface area (Å²) >= 11 is 0. The van der Waals surface area contributed by atoms with E-state index in [1.165, 1.54) is 12.1 Å². The number of carboxylic acid groups (broad SMARTS) is 1. The molecule has 0 aromatic heterocycles. The van der Waals surface area contributed by atoms with Crippen LogP contribution in [0.1, 0.15) is 15.9 Å². The first-order valence-corrected chi connectivity index (χ1v) is 7.40. The Bertz CT molecular complexity index is 785. The van der Waals surface area contributed by atoms with Gasteiger partial charge in [0, 0.05) is 0 Å². The van der Waals surface area contributed by atoms with Gasteiger partial charge in [0.15, 0.2) is 0 Å². The number of hydrogen-bond acceptors (Lipinski definition) is 3.